The van der Waals surface area contributed by atoms with Gasteiger partial charge in [-0.05, 0) is 73.7 Å². The van der Waals surface area contributed by atoms with Gasteiger partial charge >= 0.3 is 6.03 Å². The lowest BCUT2D eigenvalue weighted by molar-refractivity contribution is -0.134. The fourth-order valence-electron chi connectivity index (χ4n) is 4.64. The number of urea groups is 1. The van der Waals surface area contributed by atoms with Crippen molar-refractivity contribution in [3.8, 4) is 5.75 Å². The predicted octanol–water partition coefficient (Wildman–Crippen LogP) is 4.08. The van der Waals surface area contributed by atoms with Crippen LogP contribution in [0.5, 0.6) is 5.75 Å². The van der Waals surface area contributed by atoms with Crippen LogP contribution in [-0.4, -0.2) is 74.2 Å². The Kier molecular flexibility index (Phi) is 9.87. The van der Waals surface area contributed by atoms with Crippen LogP contribution in [0.25, 0.3) is 0 Å². The van der Waals surface area contributed by atoms with Gasteiger partial charge in [0.05, 0.1) is 30.5 Å². The van der Waals surface area contributed by atoms with Crippen molar-refractivity contribution in [1.82, 2.24) is 9.80 Å². The number of rotatable bonds is 8. The van der Waals surface area contributed by atoms with Crippen LogP contribution in [0.15, 0.2) is 71.6 Å². The Hall–Kier alpha value is -4.23. The molecule has 43 heavy (non-hydrogen) atoms. The van der Waals surface area contributed by atoms with Gasteiger partial charge in [-0.3, -0.25) is 9.52 Å². The lowest BCUT2D eigenvalue weighted by Crippen LogP contribution is -2.48. The van der Waals surface area contributed by atoms with Gasteiger partial charge in [0.15, 0.2) is 0 Å². The highest BCUT2D eigenvalue weighted by molar-refractivity contribution is 7.92. The number of amides is 3. The number of halogens is 2. The largest absolute Gasteiger partial charge is 0.488 e. The molecule has 13 heteroatoms. The molecular formula is C30H34F2N4O6S. The van der Waals surface area contributed by atoms with E-state index < -0.39 is 39.8 Å². The molecule has 230 valence electrons. The summed E-state index contributed by atoms with van der Waals surface area (Å²) in [5.74, 6) is -1.25. The number of nitrogens with one attached hydrogen (secondary N) is 2. The number of carbonyl (C=O) groups is 2. The van der Waals surface area contributed by atoms with Crippen molar-refractivity contribution in [3.63, 3.8) is 0 Å². The molecule has 3 atom stereocenters. The van der Waals surface area contributed by atoms with Crippen LogP contribution in [0.2, 0.25) is 0 Å². The summed E-state index contributed by atoms with van der Waals surface area (Å²) in [5, 5.41) is 12.6. The molecule has 0 aromatic heterocycles. The lowest BCUT2D eigenvalue weighted by atomic mass is 10.0. The van der Waals surface area contributed by atoms with Crippen molar-refractivity contribution in [2.24, 2.45) is 5.92 Å². The van der Waals surface area contributed by atoms with Gasteiger partial charge in [0.25, 0.3) is 10.0 Å². The van der Waals surface area contributed by atoms with Gasteiger partial charge in [-0.25, -0.2) is 22.0 Å². The lowest BCUT2D eigenvalue weighted by Gasteiger charge is -2.34. The number of anilines is 2. The molecule has 3 aromatic carbocycles. The monoisotopic (exact) mass is 616 g/mol. The SMILES string of the molecule is C[C@@H]1CN([C@@H](C)CO)C(=O)Cc2cc(NS(=O)(=O)c3ccc(F)cc3)ccc2O[C@@H]1CN(C)C(=O)Nc1ccc(F)cc1. The third-order valence-corrected chi connectivity index (χ3v) is 8.59. The molecule has 0 aliphatic carbocycles. The third-order valence-electron chi connectivity index (χ3n) is 7.19. The minimum absolute atomic E-state index is 0.113. The first-order valence-corrected chi connectivity index (χ1v) is 15.1. The molecule has 1 aliphatic rings. The molecule has 4 rings (SSSR count). The summed E-state index contributed by atoms with van der Waals surface area (Å²) in [6, 6.07) is 13.3. The van der Waals surface area contributed by atoms with E-state index in [4.69, 9.17) is 4.74 Å². The molecule has 0 fully saturated rings. The van der Waals surface area contributed by atoms with E-state index in [0.717, 1.165) is 24.3 Å². The van der Waals surface area contributed by atoms with Crippen LogP contribution in [0.4, 0.5) is 25.0 Å². The van der Waals surface area contributed by atoms with E-state index in [1.807, 2.05) is 6.92 Å². The zero-order valence-electron chi connectivity index (χ0n) is 24.0. The smallest absolute Gasteiger partial charge is 0.321 e. The number of carbonyl (C=O) groups excluding carboxylic acids is 2. The number of hydrogen-bond acceptors (Lipinski definition) is 6. The zero-order chi connectivity index (χ0) is 31.3. The van der Waals surface area contributed by atoms with Gasteiger partial charge in [-0.15, -0.1) is 0 Å². The second-order valence-corrected chi connectivity index (χ2v) is 12.3. The van der Waals surface area contributed by atoms with Crippen molar-refractivity contribution in [3.05, 3.63) is 83.9 Å². The second-order valence-electron chi connectivity index (χ2n) is 10.6. The first-order chi connectivity index (χ1) is 20.4. The number of aliphatic hydroxyl groups excluding tert-OH is 1. The predicted molar refractivity (Wildman–Crippen MR) is 157 cm³/mol. The van der Waals surface area contributed by atoms with Crippen LogP contribution < -0.4 is 14.8 Å². The fraction of sp³-hybridized carbons (Fsp3) is 0.333. The van der Waals surface area contributed by atoms with Crippen molar-refractivity contribution in [2.45, 2.75) is 37.3 Å². The maximum absolute atomic E-state index is 13.4. The Labute approximate surface area is 249 Å². The number of ether oxygens (including phenoxy) is 1. The molecule has 0 saturated carbocycles. The molecule has 3 N–H and O–H groups in total. The van der Waals surface area contributed by atoms with Crippen molar-refractivity contribution in [1.29, 1.82) is 0 Å². The van der Waals surface area contributed by atoms with Crippen LogP contribution >= 0.6 is 0 Å². The average molecular weight is 617 g/mol. The Morgan fingerprint density at radius 1 is 1.07 bits per heavy atom. The van der Waals surface area contributed by atoms with Gasteiger partial charge in [0, 0.05) is 36.4 Å². The highest BCUT2D eigenvalue weighted by Crippen LogP contribution is 2.30. The zero-order valence-corrected chi connectivity index (χ0v) is 24.8. The summed E-state index contributed by atoms with van der Waals surface area (Å²) < 4.78 is 61.2. The first kappa shape index (κ1) is 31.7. The Bertz CT molecular complexity index is 1550. The minimum atomic E-state index is -4.05. The number of aliphatic hydroxyl groups is 1. The van der Waals surface area contributed by atoms with Gasteiger partial charge in [-0.1, -0.05) is 6.92 Å². The van der Waals surface area contributed by atoms with E-state index in [0.29, 0.717) is 17.0 Å². The summed E-state index contributed by atoms with van der Waals surface area (Å²) >= 11 is 0. The standard InChI is InChI=1S/C30H34F2N4O6S/c1-19-16-36(20(2)18-37)29(38)15-21-14-25(34-43(40,41)26-11-6-23(32)7-12-26)10-13-27(21)42-28(19)17-35(3)30(39)33-24-8-4-22(31)5-9-24/h4-14,19-20,28,34,37H,15-18H2,1-3H3,(H,33,39)/t19-,20+,28-/m1/s1. The summed E-state index contributed by atoms with van der Waals surface area (Å²) in [4.78, 5) is 29.2. The summed E-state index contributed by atoms with van der Waals surface area (Å²) in [6.45, 7) is 3.67. The Morgan fingerprint density at radius 3 is 2.30 bits per heavy atom. The van der Waals surface area contributed by atoms with Crippen LogP contribution in [-0.2, 0) is 21.2 Å². The molecule has 1 heterocycles. The highest BCUT2D eigenvalue weighted by atomic mass is 32.2. The molecule has 0 saturated heterocycles. The van der Waals surface area contributed by atoms with Crippen LogP contribution in [0.1, 0.15) is 19.4 Å². The van der Waals surface area contributed by atoms with Gasteiger partial charge in [0.2, 0.25) is 5.91 Å². The molecule has 3 aromatic rings. The molecule has 0 bridgehead atoms. The number of benzene rings is 3. The molecule has 0 radical (unpaired) electrons. The minimum Gasteiger partial charge on any atom is -0.488 e. The van der Waals surface area contributed by atoms with E-state index in [2.05, 4.69) is 10.0 Å². The maximum atomic E-state index is 13.4. The summed E-state index contributed by atoms with van der Waals surface area (Å²) in [5.41, 5.74) is 0.981. The van der Waals surface area contributed by atoms with Gasteiger partial charge in [0.1, 0.15) is 23.5 Å². The van der Waals surface area contributed by atoms with Crippen LogP contribution in [0.3, 0.4) is 0 Å². The van der Waals surface area contributed by atoms with Crippen molar-refractivity contribution in [2.75, 3.05) is 36.8 Å². The molecule has 10 nitrogen and oxygen atoms in total. The number of hydrogen-bond donors (Lipinski definition) is 3. The molecule has 3 amide bonds. The second kappa shape index (κ2) is 13.4. The molecule has 0 spiro atoms. The van der Waals surface area contributed by atoms with E-state index in [9.17, 15) is 31.9 Å². The molecule has 1 aliphatic heterocycles. The Balaban J connectivity index is 1.61. The van der Waals surface area contributed by atoms with Crippen molar-refractivity contribution >= 4 is 33.3 Å². The van der Waals surface area contributed by atoms with Gasteiger partial charge < -0.3 is 25.0 Å². The number of nitrogens with zero attached hydrogens (tertiary/aromatic N) is 2. The molecular weight excluding hydrogens is 582 g/mol. The molecule has 0 unspecified atom stereocenters. The normalized spacial score (nSPS) is 17.9. The van der Waals surface area contributed by atoms with E-state index in [1.165, 1.54) is 41.3 Å². The highest BCUT2D eigenvalue weighted by Gasteiger charge is 2.32. The topological polar surface area (TPSA) is 128 Å². The van der Waals surface area contributed by atoms with Crippen LogP contribution in [0, 0.1) is 17.6 Å². The van der Waals surface area contributed by atoms with E-state index >= 15 is 0 Å². The number of sulfonamides is 1. The first-order valence-electron chi connectivity index (χ1n) is 13.6. The Morgan fingerprint density at radius 2 is 1.67 bits per heavy atom. The number of fused-ring (bicyclic) bond motifs is 1. The third kappa shape index (κ3) is 7.99. The average Bonchev–Trinajstić information content (AvgIpc) is 3.01. The van der Waals surface area contributed by atoms with Crippen molar-refractivity contribution < 1.29 is 36.6 Å². The summed E-state index contributed by atoms with van der Waals surface area (Å²) in [7, 11) is -2.47. The quantitative estimate of drug-likeness (QED) is 0.350. The fourth-order valence-corrected chi connectivity index (χ4v) is 5.69. The van der Waals surface area contributed by atoms with E-state index in [1.54, 1.807) is 24.9 Å². The maximum Gasteiger partial charge on any atom is 0.321 e. The van der Waals surface area contributed by atoms with E-state index in [-0.39, 0.29) is 48.5 Å². The number of likely N-dealkylation sites (N-methyl/N-ethyl adjacent to an activating group) is 1. The summed E-state index contributed by atoms with van der Waals surface area (Å²) in [6.07, 6.45) is -0.740. The van der Waals surface area contributed by atoms with Gasteiger partial charge in [-0.2, -0.15) is 0 Å².